The number of alkyl halides is 1. The van der Waals surface area contributed by atoms with Crippen LogP contribution >= 0.6 is 0 Å². The van der Waals surface area contributed by atoms with E-state index in [0.29, 0.717) is 47.8 Å². The van der Waals surface area contributed by atoms with Crippen LogP contribution in [0.15, 0.2) is 23.3 Å². The number of halogens is 1. The minimum Gasteiger partial charge on any atom is -0.481 e. The fourth-order valence-corrected chi connectivity index (χ4v) is 16.2. The van der Waals surface area contributed by atoms with Crippen LogP contribution in [0.5, 0.6) is 0 Å². The van der Waals surface area contributed by atoms with Crippen molar-refractivity contribution in [3.8, 4) is 0 Å². The van der Waals surface area contributed by atoms with Crippen molar-refractivity contribution in [2.75, 3.05) is 44.4 Å². The number of carboxylic acids is 1. The van der Waals surface area contributed by atoms with Crippen LogP contribution in [-0.4, -0.2) is 76.0 Å². The smallest absolute Gasteiger partial charge is 0.312 e. The highest BCUT2D eigenvalue weighted by atomic mass is 32.2. The SMILES string of the molecule is C=S1(=O)CCN(CCN[C@]23CC[C@@H](C(C)C)[C@@H]2[C@H]2CC[C@@H]4[C@@]5(C)CC=C(C6=CC[C@@](CF)(C(=O)O)CC6)C(C)(C)[C@@H]5CC[C@@]4(C)[C@]2(C)CC3)CC1. The maximum atomic E-state index is 14.0. The minimum absolute atomic E-state index is 0.00911. The molecule has 4 saturated carbocycles. The van der Waals surface area contributed by atoms with Gasteiger partial charge in [0.2, 0.25) is 0 Å². The Morgan fingerprint density at radius 1 is 0.961 bits per heavy atom. The third-order valence-electron chi connectivity index (χ3n) is 18.0. The summed E-state index contributed by atoms with van der Waals surface area (Å²) in [6.07, 6.45) is 17.6. The Morgan fingerprint density at radius 3 is 2.31 bits per heavy atom. The van der Waals surface area contributed by atoms with Gasteiger partial charge in [-0.05, 0) is 161 Å². The van der Waals surface area contributed by atoms with Crippen molar-refractivity contribution in [2.45, 2.75) is 131 Å². The number of carbonyl (C=O) groups is 1. The summed E-state index contributed by atoms with van der Waals surface area (Å²) in [5.41, 5.74) is 2.59. The van der Waals surface area contributed by atoms with Crippen LogP contribution in [0, 0.1) is 62.6 Å². The van der Waals surface area contributed by atoms with E-state index < -0.39 is 27.6 Å². The quantitative estimate of drug-likeness (QED) is 0.245. The summed E-state index contributed by atoms with van der Waals surface area (Å²) in [6, 6.07) is 0. The summed E-state index contributed by atoms with van der Waals surface area (Å²) >= 11 is 0. The molecule has 0 aromatic rings. The van der Waals surface area contributed by atoms with Crippen LogP contribution in [0.25, 0.3) is 0 Å². The lowest BCUT2D eigenvalue weighted by Crippen LogP contribution is -2.68. The molecule has 1 aliphatic heterocycles. The van der Waals surface area contributed by atoms with Gasteiger partial charge in [0, 0.05) is 43.2 Å². The molecular formula is C44H71FN2O3S. The predicted molar refractivity (Wildman–Crippen MR) is 210 cm³/mol. The molecule has 0 radical (unpaired) electrons. The van der Waals surface area contributed by atoms with Crippen molar-refractivity contribution in [3.05, 3.63) is 23.3 Å². The van der Waals surface area contributed by atoms with Gasteiger partial charge < -0.3 is 15.3 Å². The molecule has 7 heteroatoms. The summed E-state index contributed by atoms with van der Waals surface area (Å²) in [5.74, 6) is 8.73. The molecule has 0 aromatic carbocycles. The number of nitrogens with zero attached hydrogens (tertiary/aromatic N) is 1. The molecule has 51 heavy (non-hydrogen) atoms. The van der Waals surface area contributed by atoms with Crippen LogP contribution < -0.4 is 5.32 Å². The topological polar surface area (TPSA) is 69.6 Å². The van der Waals surface area contributed by atoms with Gasteiger partial charge in [-0.15, -0.1) is 0 Å². The van der Waals surface area contributed by atoms with E-state index in [9.17, 15) is 18.5 Å². The van der Waals surface area contributed by atoms with Gasteiger partial charge in [0.25, 0.3) is 0 Å². The Kier molecular flexibility index (Phi) is 9.68. The summed E-state index contributed by atoms with van der Waals surface area (Å²) < 4.78 is 26.5. The average molecular weight is 727 g/mol. The first-order valence-corrected chi connectivity index (χ1v) is 22.9. The summed E-state index contributed by atoms with van der Waals surface area (Å²) in [4.78, 5) is 14.5. The molecule has 1 heterocycles. The standard InChI is InChI=1S/C44H71FN2O3S/c1-30(2)32-13-20-44(46-23-24-47-25-27-51(8,50)28-26-47)22-21-41(6)34(37(32)44)9-10-36-40(5)16-14-33(39(3,4)35(40)15-17-42(36,41)7)31-11-18-43(29-45,19-12-31)38(48)49/h11,14,30,32,34-37,46H,8-10,12-13,15-29H2,1-7H3,(H,48,49)/t32-,34+,35-,36+,37+,40-,41+,42+,43+,44-/m0/s1. The number of hydrogen-bond acceptors (Lipinski definition) is 4. The van der Waals surface area contributed by atoms with Crippen LogP contribution in [0.4, 0.5) is 4.39 Å². The van der Waals surface area contributed by atoms with Crippen molar-refractivity contribution >= 4 is 21.4 Å². The molecule has 7 rings (SSSR count). The molecule has 6 aliphatic carbocycles. The molecule has 0 amide bonds. The fourth-order valence-electron chi connectivity index (χ4n) is 14.9. The van der Waals surface area contributed by atoms with Gasteiger partial charge in [0.15, 0.2) is 0 Å². The second kappa shape index (κ2) is 13.0. The third kappa shape index (κ3) is 5.80. The van der Waals surface area contributed by atoms with E-state index >= 15 is 0 Å². The number of hydrogen-bond donors (Lipinski definition) is 2. The van der Waals surface area contributed by atoms with Crippen molar-refractivity contribution in [2.24, 2.45) is 62.6 Å². The van der Waals surface area contributed by atoms with Gasteiger partial charge in [0.05, 0.1) is 5.41 Å². The van der Waals surface area contributed by atoms with Crippen LogP contribution in [0.1, 0.15) is 126 Å². The van der Waals surface area contributed by atoms with E-state index in [0.717, 1.165) is 61.9 Å². The highest BCUT2D eigenvalue weighted by Crippen LogP contribution is 2.76. The van der Waals surface area contributed by atoms with Gasteiger partial charge in [-0.1, -0.05) is 60.6 Å². The summed E-state index contributed by atoms with van der Waals surface area (Å²) in [6.45, 7) is 21.2. The number of nitrogens with one attached hydrogen (secondary N) is 1. The maximum Gasteiger partial charge on any atom is 0.312 e. The first-order chi connectivity index (χ1) is 23.9. The van der Waals surface area contributed by atoms with E-state index in [-0.39, 0.29) is 16.4 Å². The van der Waals surface area contributed by atoms with Crippen LogP contribution in [0.2, 0.25) is 0 Å². The Hall–Kier alpha value is -1.18. The Bertz CT molecular complexity index is 1540. The Morgan fingerprint density at radius 2 is 1.69 bits per heavy atom. The number of fused-ring (bicyclic) bond motifs is 7. The lowest BCUT2D eigenvalue weighted by molar-refractivity contribution is -0.223. The Labute approximate surface area is 310 Å². The normalized spacial score (nSPS) is 46.3. The van der Waals surface area contributed by atoms with E-state index in [1.54, 1.807) is 0 Å². The van der Waals surface area contributed by atoms with Crippen LogP contribution in [0.3, 0.4) is 0 Å². The van der Waals surface area contributed by atoms with Gasteiger partial charge in [-0.25, -0.2) is 4.39 Å². The highest BCUT2D eigenvalue weighted by Gasteiger charge is 2.70. The summed E-state index contributed by atoms with van der Waals surface area (Å²) in [5, 5.41) is 14.1. The van der Waals surface area contributed by atoms with E-state index in [1.807, 2.05) is 0 Å². The van der Waals surface area contributed by atoms with E-state index in [1.165, 1.54) is 62.5 Å². The molecule has 0 unspecified atom stereocenters. The van der Waals surface area contributed by atoms with Gasteiger partial charge in [0.1, 0.15) is 6.67 Å². The zero-order chi connectivity index (χ0) is 36.8. The number of carboxylic acid groups (broad SMARTS) is 1. The zero-order valence-corrected chi connectivity index (χ0v) is 34.1. The first-order valence-electron chi connectivity index (χ1n) is 20.9. The zero-order valence-electron chi connectivity index (χ0n) is 33.3. The number of rotatable bonds is 8. The maximum absolute atomic E-state index is 14.0. The largest absolute Gasteiger partial charge is 0.481 e. The second-order valence-corrected chi connectivity index (χ2v) is 23.4. The fraction of sp³-hybridized carbons (Fsp3) is 0.864. The van der Waals surface area contributed by atoms with Gasteiger partial charge >= 0.3 is 5.97 Å². The Balaban J connectivity index is 1.13. The molecule has 288 valence electrons. The van der Waals surface area contributed by atoms with E-state index in [2.05, 4.69) is 76.7 Å². The molecule has 2 N–H and O–H groups in total. The van der Waals surface area contributed by atoms with E-state index in [4.69, 9.17) is 0 Å². The van der Waals surface area contributed by atoms with Crippen molar-refractivity contribution in [1.82, 2.24) is 10.2 Å². The summed E-state index contributed by atoms with van der Waals surface area (Å²) in [7, 11) is -1.86. The molecule has 1 saturated heterocycles. The minimum atomic E-state index is -1.86. The average Bonchev–Trinajstić information content (AvgIpc) is 3.46. The number of aliphatic carboxylic acids is 1. The van der Waals surface area contributed by atoms with Crippen molar-refractivity contribution in [1.29, 1.82) is 0 Å². The van der Waals surface area contributed by atoms with Gasteiger partial charge in [-0.2, -0.15) is 0 Å². The van der Waals surface area contributed by atoms with Crippen LogP contribution in [-0.2, 0) is 14.3 Å². The molecule has 0 spiro atoms. The first kappa shape index (κ1) is 38.1. The molecule has 5 fully saturated rings. The lowest BCUT2D eigenvalue weighted by atomic mass is 9.32. The monoisotopic (exact) mass is 727 g/mol. The van der Waals surface area contributed by atoms with Crippen molar-refractivity contribution in [3.63, 3.8) is 0 Å². The highest BCUT2D eigenvalue weighted by molar-refractivity contribution is 8.00. The molecule has 0 aromatic heterocycles. The lowest BCUT2D eigenvalue weighted by Gasteiger charge is -2.72. The molecule has 0 bridgehead atoms. The molecule has 5 nitrogen and oxygen atoms in total. The number of allylic oxidation sites excluding steroid dienone is 4. The third-order valence-corrected chi connectivity index (χ3v) is 19.9. The van der Waals surface area contributed by atoms with Gasteiger partial charge in [-0.3, -0.25) is 9.00 Å². The molecular weight excluding hydrogens is 656 g/mol. The second-order valence-electron chi connectivity index (χ2n) is 20.6. The van der Waals surface area contributed by atoms with Crippen molar-refractivity contribution < 1.29 is 18.5 Å². The molecule has 7 aliphatic rings. The molecule has 10 atom stereocenters. The predicted octanol–water partition coefficient (Wildman–Crippen LogP) is 8.79.